The zero-order valence-electron chi connectivity index (χ0n) is 12.3. The van der Waals surface area contributed by atoms with Crippen molar-refractivity contribution in [2.45, 2.75) is 55.2 Å². The summed E-state index contributed by atoms with van der Waals surface area (Å²) in [7, 11) is -1.35. The fourth-order valence-electron chi connectivity index (χ4n) is 3.64. The van der Waals surface area contributed by atoms with Gasteiger partial charge in [0.15, 0.2) is 0 Å². The molecular weight excluding hydrogens is 286 g/mol. The zero-order valence-corrected chi connectivity index (χ0v) is 13.1. The third-order valence-electron chi connectivity index (χ3n) is 4.94. The van der Waals surface area contributed by atoms with Gasteiger partial charge in [0.2, 0.25) is 10.0 Å². The number of hydrogen-bond acceptors (Lipinski definition) is 4. The number of primary sulfonamides is 1. The average Bonchev–Trinajstić information content (AvgIpc) is 2.66. The van der Waals surface area contributed by atoms with E-state index in [0.29, 0.717) is 6.04 Å². The van der Waals surface area contributed by atoms with Crippen LogP contribution >= 0.6 is 0 Å². The monoisotopic (exact) mass is 309 g/mol. The third-order valence-corrected chi connectivity index (χ3v) is 5.87. The topological polar surface area (TPSA) is 75.4 Å². The molecule has 2 saturated heterocycles. The first-order valence-electron chi connectivity index (χ1n) is 7.50. The molecule has 3 rings (SSSR count). The number of benzene rings is 1. The maximum absolute atomic E-state index is 11.2. The van der Waals surface area contributed by atoms with E-state index in [1.807, 2.05) is 12.1 Å². The summed E-state index contributed by atoms with van der Waals surface area (Å²) in [4.78, 5) is 2.70. The molecule has 2 heterocycles. The third kappa shape index (κ3) is 3.29. The van der Waals surface area contributed by atoms with E-state index in [1.54, 1.807) is 12.1 Å². The zero-order chi connectivity index (χ0) is 15.0. The normalized spacial score (nSPS) is 29.7. The molecule has 2 bridgehead atoms. The Morgan fingerprint density at radius 1 is 1.19 bits per heavy atom. The smallest absolute Gasteiger partial charge is 0.238 e. The van der Waals surface area contributed by atoms with Gasteiger partial charge in [-0.25, -0.2) is 13.6 Å². The highest BCUT2D eigenvalue weighted by Crippen LogP contribution is 2.34. The first-order chi connectivity index (χ1) is 9.93. The minimum Gasteiger partial charge on any atom is -0.310 e. The summed E-state index contributed by atoms with van der Waals surface area (Å²) in [5.41, 5.74) is 1.09. The summed E-state index contributed by atoms with van der Waals surface area (Å²) in [6, 6.07) is 8.83. The molecular formula is C15H23N3O2S. The maximum atomic E-state index is 11.2. The highest BCUT2D eigenvalue weighted by atomic mass is 32.2. The molecule has 6 heteroatoms. The number of nitrogens with two attached hydrogens (primary N) is 1. The molecule has 1 aromatic rings. The molecule has 1 aromatic carbocycles. The van der Waals surface area contributed by atoms with Gasteiger partial charge in [0.25, 0.3) is 0 Å². The van der Waals surface area contributed by atoms with Crippen molar-refractivity contribution in [1.82, 2.24) is 10.2 Å². The van der Waals surface area contributed by atoms with Crippen molar-refractivity contribution in [2.24, 2.45) is 5.14 Å². The van der Waals surface area contributed by atoms with Crippen LogP contribution in [-0.2, 0) is 16.6 Å². The van der Waals surface area contributed by atoms with Crippen molar-refractivity contribution in [3.05, 3.63) is 29.8 Å². The fourth-order valence-corrected chi connectivity index (χ4v) is 4.15. The minimum atomic E-state index is -3.59. The lowest BCUT2D eigenvalue weighted by Crippen LogP contribution is -2.46. The van der Waals surface area contributed by atoms with Crippen LogP contribution < -0.4 is 10.5 Å². The highest BCUT2D eigenvalue weighted by molar-refractivity contribution is 7.89. The van der Waals surface area contributed by atoms with E-state index < -0.39 is 10.0 Å². The Labute approximate surface area is 126 Å². The van der Waals surface area contributed by atoms with Crippen LogP contribution in [0.2, 0.25) is 0 Å². The van der Waals surface area contributed by atoms with Gasteiger partial charge in [-0.05, 0) is 50.4 Å². The number of piperidine rings is 1. The van der Waals surface area contributed by atoms with Crippen molar-refractivity contribution >= 4 is 10.0 Å². The number of sulfonamides is 1. The van der Waals surface area contributed by atoms with Gasteiger partial charge in [0.1, 0.15) is 0 Å². The van der Waals surface area contributed by atoms with Gasteiger partial charge in [0, 0.05) is 24.7 Å². The standard InChI is InChI=1S/C15H23N3O2S/c1-18-13-4-5-14(18)9-12(8-13)17-10-11-2-6-15(7-3-11)21(16,19)20/h2-3,6-7,12-14,17H,4-5,8-10H2,1H3,(H2,16,19,20). The molecule has 0 radical (unpaired) electrons. The minimum absolute atomic E-state index is 0.170. The van der Waals surface area contributed by atoms with Crippen LogP contribution in [0.5, 0.6) is 0 Å². The second-order valence-corrected chi connectivity index (χ2v) is 7.85. The second-order valence-electron chi connectivity index (χ2n) is 6.29. The summed E-state index contributed by atoms with van der Waals surface area (Å²) in [6.07, 6.45) is 5.06. The summed E-state index contributed by atoms with van der Waals surface area (Å²) >= 11 is 0. The molecule has 2 aliphatic rings. The maximum Gasteiger partial charge on any atom is 0.238 e. The molecule has 2 fully saturated rings. The molecule has 0 aromatic heterocycles. The molecule has 0 saturated carbocycles. The van der Waals surface area contributed by atoms with E-state index in [-0.39, 0.29) is 4.90 Å². The number of rotatable bonds is 4. The largest absolute Gasteiger partial charge is 0.310 e. The van der Waals surface area contributed by atoms with Crippen LogP contribution in [0.3, 0.4) is 0 Å². The summed E-state index contributed by atoms with van der Waals surface area (Å²) in [5, 5.41) is 8.71. The van der Waals surface area contributed by atoms with Crippen LogP contribution in [0.25, 0.3) is 0 Å². The Morgan fingerprint density at radius 3 is 2.29 bits per heavy atom. The lowest BCUT2D eigenvalue weighted by Gasteiger charge is -2.36. The van der Waals surface area contributed by atoms with Crippen LogP contribution in [0.1, 0.15) is 31.2 Å². The predicted molar refractivity (Wildman–Crippen MR) is 82.2 cm³/mol. The lowest BCUT2D eigenvalue weighted by molar-refractivity contribution is 0.148. The number of fused-ring (bicyclic) bond motifs is 2. The molecule has 0 spiro atoms. The first-order valence-corrected chi connectivity index (χ1v) is 9.05. The molecule has 2 aliphatic heterocycles. The van der Waals surface area contributed by atoms with E-state index in [4.69, 9.17) is 5.14 Å². The van der Waals surface area contributed by atoms with E-state index in [9.17, 15) is 8.42 Å². The fraction of sp³-hybridized carbons (Fsp3) is 0.600. The van der Waals surface area contributed by atoms with Gasteiger partial charge in [-0.15, -0.1) is 0 Å². The molecule has 0 amide bonds. The quantitative estimate of drug-likeness (QED) is 0.872. The summed E-state index contributed by atoms with van der Waals surface area (Å²) in [6.45, 7) is 0.777. The number of nitrogens with one attached hydrogen (secondary N) is 1. The number of hydrogen-bond donors (Lipinski definition) is 2. The average molecular weight is 309 g/mol. The molecule has 2 atom stereocenters. The first kappa shape index (κ1) is 15.0. The van der Waals surface area contributed by atoms with E-state index in [0.717, 1.165) is 24.2 Å². The van der Waals surface area contributed by atoms with Crippen molar-refractivity contribution in [3.63, 3.8) is 0 Å². The van der Waals surface area contributed by atoms with Gasteiger partial charge in [-0.2, -0.15) is 0 Å². The Morgan fingerprint density at radius 2 is 1.76 bits per heavy atom. The summed E-state index contributed by atoms with van der Waals surface area (Å²) in [5.74, 6) is 0. The molecule has 0 aliphatic carbocycles. The predicted octanol–water partition coefficient (Wildman–Crippen LogP) is 1.05. The Bertz CT molecular complexity index is 586. The van der Waals surface area contributed by atoms with Gasteiger partial charge in [0.05, 0.1) is 4.90 Å². The van der Waals surface area contributed by atoms with E-state index >= 15 is 0 Å². The molecule has 5 nitrogen and oxygen atoms in total. The SMILES string of the molecule is CN1C2CCC1CC(NCc1ccc(S(N)(=O)=O)cc1)C2. The van der Waals surface area contributed by atoms with Gasteiger partial charge in [-0.3, -0.25) is 0 Å². The molecule has 21 heavy (non-hydrogen) atoms. The Kier molecular flexibility index (Phi) is 4.05. The second kappa shape index (κ2) is 5.68. The van der Waals surface area contributed by atoms with Crippen LogP contribution in [-0.4, -0.2) is 38.5 Å². The Hall–Kier alpha value is -0.950. The van der Waals surface area contributed by atoms with Crippen LogP contribution in [0.4, 0.5) is 0 Å². The van der Waals surface area contributed by atoms with Crippen molar-refractivity contribution in [1.29, 1.82) is 0 Å². The van der Waals surface area contributed by atoms with Crippen LogP contribution in [0.15, 0.2) is 29.2 Å². The van der Waals surface area contributed by atoms with Gasteiger partial charge >= 0.3 is 0 Å². The van der Waals surface area contributed by atoms with Crippen molar-refractivity contribution < 1.29 is 8.42 Å². The van der Waals surface area contributed by atoms with Crippen molar-refractivity contribution in [3.8, 4) is 0 Å². The number of nitrogens with zero attached hydrogens (tertiary/aromatic N) is 1. The van der Waals surface area contributed by atoms with E-state index in [2.05, 4.69) is 17.3 Å². The molecule has 2 unspecified atom stereocenters. The van der Waals surface area contributed by atoms with Gasteiger partial charge in [-0.1, -0.05) is 12.1 Å². The van der Waals surface area contributed by atoms with Gasteiger partial charge < -0.3 is 10.2 Å². The van der Waals surface area contributed by atoms with Crippen molar-refractivity contribution in [2.75, 3.05) is 7.05 Å². The summed E-state index contributed by atoms with van der Waals surface area (Å²) < 4.78 is 22.4. The molecule has 3 N–H and O–H groups in total. The highest BCUT2D eigenvalue weighted by Gasteiger charge is 2.37. The lowest BCUT2D eigenvalue weighted by atomic mass is 9.98. The van der Waals surface area contributed by atoms with E-state index in [1.165, 1.54) is 25.7 Å². The molecule has 116 valence electrons. The Balaban J connectivity index is 1.56. The van der Waals surface area contributed by atoms with Crippen LogP contribution in [0, 0.1) is 0 Å².